The summed E-state index contributed by atoms with van der Waals surface area (Å²) in [5.74, 6) is 2.98. The van der Waals surface area contributed by atoms with Crippen LogP contribution in [0.4, 0.5) is 0 Å². The Morgan fingerprint density at radius 3 is 3.07 bits per heavy atom. The average molecular weight is 214 g/mol. The Labute approximate surface area is 89.6 Å². The number of nitrogens with zero attached hydrogens (tertiary/aromatic N) is 1. The maximum atomic E-state index is 12.0. The highest BCUT2D eigenvalue weighted by Crippen LogP contribution is 2.16. The molecule has 2 aliphatic heterocycles. The van der Waals surface area contributed by atoms with Gasteiger partial charge < -0.3 is 10.2 Å². The van der Waals surface area contributed by atoms with Gasteiger partial charge in [-0.1, -0.05) is 0 Å². The van der Waals surface area contributed by atoms with E-state index in [1.54, 1.807) is 0 Å². The van der Waals surface area contributed by atoms with Gasteiger partial charge in [0, 0.05) is 25.4 Å². The lowest BCUT2D eigenvalue weighted by molar-refractivity contribution is -0.134. The monoisotopic (exact) mass is 214 g/mol. The van der Waals surface area contributed by atoms with E-state index in [9.17, 15) is 4.79 Å². The molecular formula is C10H18N2OS. The summed E-state index contributed by atoms with van der Waals surface area (Å²) in [5.41, 5.74) is 0. The van der Waals surface area contributed by atoms with Crippen molar-refractivity contribution in [1.29, 1.82) is 0 Å². The molecule has 80 valence electrons. The van der Waals surface area contributed by atoms with E-state index in [4.69, 9.17) is 0 Å². The summed E-state index contributed by atoms with van der Waals surface area (Å²) in [5, 5.41) is 3.26. The Morgan fingerprint density at radius 1 is 1.36 bits per heavy atom. The van der Waals surface area contributed by atoms with Gasteiger partial charge in [-0.25, -0.2) is 0 Å². The van der Waals surface area contributed by atoms with Gasteiger partial charge in [0.25, 0.3) is 0 Å². The van der Waals surface area contributed by atoms with Crippen molar-refractivity contribution in [3.63, 3.8) is 0 Å². The van der Waals surface area contributed by atoms with Crippen molar-refractivity contribution in [1.82, 2.24) is 10.2 Å². The first kappa shape index (κ1) is 10.3. The number of carbonyl (C=O) groups is 1. The summed E-state index contributed by atoms with van der Waals surface area (Å²) < 4.78 is 0. The topological polar surface area (TPSA) is 32.3 Å². The molecule has 0 saturated carbocycles. The fourth-order valence-corrected chi connectivity index (χ4v) is 2.98. The zero-order valence-electron chi connectivity index (χ0n) is 8.50. The summed E-state index contributed by atoms with van der Waals surface area (Å²) in [6.45, 7) is 3.84. The van der Waals surface area contributed by atoms with Crippen LogP contribution in [0, 0.1) is 5.92 Å². The lowest BCUT2D eigenvalue weighted by atomic mass is 10.1. The lowest BCUT2D eigenvalue weighted by Crippen LogP contribution is -2.38. The minimum absolute atomic E-state index is 0.262. The van der Waals surface area contributed by atoms with Crippen molar-refractivity contribution in [2.75, 3.05) is 37.7 Å². The molecule has 1 N–H and O–H groups in total. The van der Waals surface area contributed by atoms with Crippen LogP contribution in [0.15, 0.2) is 0 Å². The first-order chi connectivity index (χ1) is 6.88. The van der Waals surface area contributed by atoms with E-state index in [1.165, 1.54) is 5.75 Å². The van der Waals surface area contributed by atoms with E-state index in [1.807, 2.05) is 11.8 Å². The van der Waals surface area contributed by atoms with Crippen LogP contribution in [0.5, 0.6) is 0 Å². The molecule has 0 aromatic carbocycles. The fourth-order valence-electron chi connectivity index (χ4n) is 2.09. The summed E-state index contributed by atoms with van der Waals surface area (Å²) >= 11 is 1.97. The molecule has 2 rings (SSSR count). The summed E-state index contributed by atoms with van der Waals surface area (Å²) in [6.07, 6.45) is 2.19. The molecule has 0 aliphatic carbocycles. The molecule has 4 heteroatoms. The van der Waals surface area contributed by atoms with Gasteiger partial charge in [-0.05, 0) is 25.1 Å². The van der Waals surface area contributed by atoms with E-state index in [-0.39, 0.29) is 5.92 Å². The van der Waals surface area contributed by atoms with Crippen LogP contribution in [0.1, 0.15) is 12.8 Å². The standard InChI is InChI=1S/C10H18N2OS/c13-10(9-2-3-11-8-9)12-4-1-6-14-7-5-12/h9,11H,1-8H2/t9-/m1/s1. The minimum Gasteiger partial charge on any atom is -0.342 e. The SMILES string of the molecule is O=C([C@@H]1CCNC1)N1CCCSCC1. The van der Waals surface area contributed by atoms with E-state index in [0.717, 1.165) is 44.8 Å². The zero-order valence-corrected chi connectivity index (χ0v) is 9.31. The zero-order chi connectivity index (χ0) is 9.80. The van der Waals surface area contributed by atoms with E-state index in [2.05, 4.69) is 10.2 Å². The molecule has 0 aromatic heterocycles. The van der Waals surface area contributed by atoms with Crippen molar-refractivity contribution in [2.24, 2.45) is 5.92 Å². The third-order valence-electron chi connectivity index (χ3n) is 2.94. The molecule has 3 nitrogen and oxygen atoms in total. The lowest BCUT2D eigenvalue weighted by Gasteiger charge is -2.23. The van der Waals surface area contributed by atoms with Gasteiger partial charge in [-0.2, -0.15) is 11.8 Å². The molecule has 0 unspecified atom stereocenters. The Balaban J connectivity index is 1.88. The van der Waals surface area contributed by atoms with Crippen LogP contribution in [-0.4, -0.2) is 48.5 Å². The molecule has 2 fully saturated rings. The smallest absolute Gasteiger partial charge is 0.227 e. The fraction of sp³-hybridized carbons (Fsp3) is 0.900. The summed E-state index contributed by atoms with van der Waals surface area (Å²) in [6, 6.07) is 0. The highest BCUT2D eigenvalue weighted by atomic mass is 32.2. The van der Waals surface area contributed by atoms with Crippen LogP contribution in [0.3, 0.4) is 0 Å². The molecule has 0 aromatic rings. The molecule has 14 heavy (non-hydrogen) atoms. The normalized spacial score (nSPS) is 28.9. The van der Waals surface area contributed by atoms with Gasteiger partial charge in [0.15, 0.2) is 0 Å². The molecule has 1 amide bonds. The predicted molar refractivity (Wildman–Crippen MR) is 59.5 cm³/mol. The largest absolute Gasteiger partial charge is 0.342 e. The van der Waals surface area contributed by atoms with Crippen LogP contribution in [-0.2, 0) is 4.79 Å². The number of hydrogen-bond donors (Lipinski definition) is 1. The third-order valence-corrected chi connectivity index (χ3v) is 3.99. The minimum atomic E-state index is 0.262. The Bertz CT molecular complexity index is 196. The van der Waals surface area contributed by atoms with E-state index < -0.39 is 0 Å². The van der Waals surface area contributed by atoms with Crippen molar-refractivity contribution >= 4 is 17.7 Å². The Hall–Kier alpha value is -0.220. The Morgan fingerprint density at radius 2 is 2.29 bits per heavy atom. The van der Waals surface area contributed by atoms with Crippen molar-refractivity contribution in [3.05, 3.63) is 0 Å². The Kier molecular flexibility index (Phi) is 3.70. The first-order valence-corrected chi connectivity index (χ1v) is 6.60. The number of hydrogen-bond acceptors (Lipinski definition) is 3. The van der Waals surface area contributed by atoms with Crippen molar-refractivity contribution < 1.29 is 4.79 Å². The molecule has 1 atom stereocenters. The number of carbonyl (C=O) groups excluding carboxylic acids is 1. The maximum Gasteiger partial charge on any atom is 0.227 e. The molecular weight excluding hydrogens is 196 g/mol. The van der Waals surface area contributed by atoms with E-state index in [0.29, 0.717) is 5.91 Å². The number of thioether (sulfide) groups is 1. The number of amides is 1. The van der Waals surface area contributed by atoms with Crippen LogP contribution in [0.2, 0.25) is 0 Å². The predicted octanol–water partition coefficient (Wildman–Crippen LogP) is 0.561. The summed E-state index contributed by atoms with van der Waals surface area (Å²) in [7, 11) is 0. The second kappa shape index (κ2) is 5.03. The first-order valence-electron chi connectivity index (χ1n) is 5.45. The molecule has 0 bridgehead atoms. The average Bonchev–Trinajstić information content (AvgIpc) is 2.59. The quantitative estimate of drug-likeness (QED) is 0.692. The highest BCUT2D eigenvalue weighted by molar-refractivity contribution is 7.99. The number of nitrogens with one attached hydrogen (secondary N) is 1. The van der Waals surface area contributed by atoms with Gasteiger partial charge >= 0.3 is 0 Å². The molecule has 0 radical (unpaired) electrons. The van der Waals surface area contributed by atoms with Gasteiger partial charge in [0.1, 0.15) is 0 Å². The molecule has 0 spiro atoms. The van der Waals surface area contributed by atoms with Crippen LogP contribution >= 0.6 is 11.8 Å². The third kappa shape index (κ3) is 2.42. The van der Waals surface area contributed by atoms with E-state index >= 15 is 0 Å². The highest BCUT2D eigenvalue weighted by Gasteiger charge is 2.27. The number of rotatable bonds is 1. The van der Waals surface area contributed by atoms with Gasteiger partial charge in [-0.3, -0.25) is 4.79 Å². The van der Waals surface area contributed by atoms with Gasteiger partial charge in [0.2, 0.25) is 5.91 Å². The van der Waals surface area contributed by atoms with Crippen molar-refractivity contribution in [2.45, 2.75) is 12.8 Å². The van der Waals surface area contributed by atoms with Gasteiger partial charge in [-0.15, -0.1) is 0 Å². The molecule has 2 aliphatic rings. The summed E-state index contributed by atoms with van der Waals surface area (Å²) in [4.78, 5) is 14.1. The maximum absolute atomic E-state index is 12.0. The van der Waals surface area contributed by atoms with Crippen molar-refractivity contribution in [3.8, 4) is 0 Å². The second-order valence-electron chi connectivity index (χ2n) is 3.98. The molecule has 2 heterocycles. The second-order valence-corrected chi connectivity index (χ2v) is 5.21. The van der Waals surface area contributed by atoms with Gasteiger partial charge in [0.05, 0.1) is 5.92 Å². The van der Waals surface area contributed by atoms with Crippen LogP contribution in [0.25, 0.3) is 0 Å². The molecule has 2 saturated heterocycles. The van der Waals surface area contributed by atoms with Crippen LogP contribution < -0.4 is 5.32 Å².